The zero-order valence-corrected chi connectivity index (χ0v) is 11.3. The minimum Gasteiger partial charge on any atom is -0.494 e. The zero-order valence-electron chi connectivity index (χ0n) is 11.3. The predicted molar refractivity (Wildman–Crippen MR) is 74.9 cm³/mol. The molecule has 0 fully saturated rings. The Kier molecular flexibility index (Phi) is 2.97. The molecular formula is C16H17NO2. The SMILES string of the molecule is COc1cccc2c(C(C)=O)c3c(nc12)CCCC3. The summed E-state index contributed by atoms with van der Waals surface area (Å²) in [6.07, 6.45) is 4.22. The Morgan fingerprint density at radius 3 is 2.79 bits per heavy atom. The summed E-state index contributed by atoms with van der Waals surface area (Å²) in [5, 5.41) is 0.924. The number of methoxy groups -OCH3 is 1. The second-order valence-corrected chi connectivity index (χ2v) is 5.03. The maximum atomic E-state index is 12.1. The first-order valence-corrected chi connectivity index (χ1v) is 6.71. The average Bonchev–Trinajstić information content (AvgIpc) is 2.43. The summed E-state index contributed by atoms with van der Waals surface area (Å²) in [7, 11) is 1.64. The molecule has 0 bridgehead atoms. The molecule has 0 spiro atoms. The van der Waals surface area contributed by atoms with Crippen molar-refractivity contribution in [3.63, 3.8) is 0 Å². The van der Waals surface area contributed by atoms with Gasteiger partial charge in [0.05, 0.1) is 7.11 Å². The van der Waals surface area contributed by atoms with Crippen molar-refractivity contribution in [3.8, 4) is 5.75 Å². The number of para-hydroxylation sites is 1. The summed E-state index contributed by atoms with van der Waals surface area (Å²) in [6, 6.07) is 5.79. The Labute approximate surface area is 112 Å². The molecule has 0 saturated carbocycles. The van der Waals surface area contributed by atoms with Gasteiger partial charge in [0.15, 0.2) is 5.78 Å². The first kappa shape index (κ1) is 12.2. The lowest BCUT2D eigenvalue weighted by Gasteiger charge is -2.20. The van der Waals surface area contributed by atoms with Gasteiger partial charge in [-0.15, -0.1) is 0 Å². The highest BCUT2D eigenvalue weighted by atomic mass is 16.5. The van der Waals surface area contributed by atoms with Crippen LogP contribution in [0.4, 0.5) is 0 Å². The van der Waals surface area contributed by atoms with Crippen LogP contribution in [0, 0.1) is 0 Å². The molecule has 3 nitrogen and oxygen atoms in total. The minimum atomic E-state index is 0.124. The molecule has 0 atom stereocenters. The highest BCUT2D eigenvalue weighted by molar-refractivity contribution is 6.08. The van der Waals surface area contributed by atoms with Crippen LogP contribution in [-0.4, -0.2) is 17.9 Å². The molecule has 1 aliphatic rings. The van der Waals surface area contributed by atoms with Crippen LogP contribution < -0.4 is 4.74 Å². The number of Topliss-reactive ketones (excluding diaryl/α,β-unsaturated/α-hetero) is 1. The van der Waals surface area contributed by atoms with E-state index in [2.05, 4.69) is 0 Å². The molecule has 0 unspecified atom stereocenters. The van der Waals surface area contributed by atoms with E-state index in [0.29, 0.717) is 0 Å². The van der Waals surface area contributed by atoms with Crippen LogP contribution in [-0.2, 0) is 12.8 Å². The zero-order chi connectivity index (χ0) is 13.4. The Bertz CT molecular complexity index is 661. The second kappa shape index (κ2) is 4.65. The molecule has 0 N–H and O–H groups in total. The molecule has 1 aromatic heterocycles. The predicted octanol–water partition coefficient (Wildman–Crippen LogP) is 3.32. The Balaban J connectivity index is 2.42. The van der Waals surface area contributed by atoms with E-state index in [4.69, 9.17) is 9.72 Å². The summed E-state index contributed by atoms with van der Waals surface area (Å²) in [5.41, 5.74) is 3.89. The van der Waals surface area contributed by atoms with E-state index in [0.717, 1.165) is 59.2 Å². The van der Waals surface area contributed by atoms with E-state index in [1.807, 2.05) is 18.2 Å². The molecule has 0 saturated heterocycles. The number of ketones is 1. The number of aryl methyl sites for hydroxylation is 1. The van der Waals surface area contributed by atoms with Crippen molar-refractivity contribution in [2.45, 2.75) is 32.6 Å². The molecule has 3 heteroatoms. The summed E-state index contributed by atoms with van der Waals surface area (Å²) in [5.74, 6) is 0.868. The molecule has 0 amide bonds. The number of fused-ring (bicyclic) bond motifs is 2. The van der Waals surface area contributed by atoms with Gasteiger partial charge in [0.25, 0.3) is 0 Å². The molecule has 19 heavy (non-hydrogen) atoms. The number of carbonyl (C=O) groups is 1. The molecular weight excluding hydrogens is 238 g/mol. The number of ether oxygens (including phenoxy) is 1. The number of hydrogen-bond donors (Lipinski definition) is 0. The molecule has 0 radical (unpaired) electrons. The van der Waals surface area contributed by atoms with Crippen LogP contribution >= 0.6 is 0 Å². The molecule has 2 aromatic rings. The van der Waals surface area contributed by atoms with Crippen molar-refractivity contribution < 1.29 is 9.53 Å². The fourth-order valence-electron chi connectivity index (χ4n) is 2.99. The highest BCUT2D eigenvalue weighted by Crippen LogP contribution is 2.33. The number of pyridine rings is 1. The van der Waals surface area contributed by atoms with Gasteiger partial charge >= 0.3 is 0 Å². The number of rotatable bonds is 2. The average molecular weight is 255 g/mol. The van der Waals surface area contributed by atoms with Crippen LogP contribution in [0.2, 0.25) is 0 Å². The first-order valence-electron chi connectivity index (χ1n) is 6.71. The summed E-state index contributed by atoms with van der Waals surface area (Å²) in [4.78, 5) is 16.8. The number of aromatic nitrogens is 1. The van der Waals surface area contributed by atoms with Crippen molar-refractivity contribution in [2.24, 2.45) is 0 Å². The van der Waals surface area contributed by atoms with Gasteiger partial charge in [-0.05, 0) is 44.2 Å². The van der Waals surface area contributed by atoms with Crippen molar-refractivity contribution in [3.05, 3.63) is 35.0 Å². The summed E-state index contributed by atoms with van der Waals surface area (Å²) in [6.45, 7) is 1.64. The van der Waals surface area contributed by atoms with E-state index in [1.165, 1.54) is 0 Å². The topological polar surface area (TPSA) is 39.2 Å². The van der Waals surface area contributed by atoms with E-state index >= 15 is 0 Å². The number of hydrogen-bond acceptors (Lipinski definition) is 3. The molecule has 3 rings (SSSR count). The monoisotopic (exact) mass is 255 g/mol. The highest BCUT2D eigenvalue weighted by Gasteiger charge is 2.21. The van der Waals surface area contributed by atoms with Gasteiger partial charge in [0.1, 0.15) is 11.3 Å². The van der Waals surface area contributed by atoms with Crippen LogP contribution in [0.3, 0.4) is 0 Å². The number of benzene rings is 1. The van der Waals surface area contributed by atoms with Crippen molar-refractivity contribution >= 4 is 16.7 Å². The normalized spacial score (nSPS) is 14.2. The van der Waals surface area contributed by atoms with Gasteiger partial charge < -0.3 is 4.74 Å². The van der Waals surface area contributed by atoms with E-state index < -0.39 is 0 Å². The first-order chi connectivity index (χ1) is 9.22. The van der Waals surface area contributed by atoms with Crippen LogP contribution in [0.25, 0.3) is 10.9 Å². The van der Waals surface area contributed by atoms with Gasteiger partial charge in [-0.3, -0.25) is 4.79 Å². The third-order valence-corrected chi connectivity index (χ3v) is 3.83. The standard InChI is InChI=1S/C16H17NO2/c1-10(18)15-11-6-3-4-8-13(11)17-16-12(15)7-5-9-14(16)19-2/h5,7,9H,3-4,6,8H2,1-2H3. The van der Waals surface area contributed by atoms with Gasteiger partial charge in [-0.25, -0.2) is 4.98 Å². The lowest BCUT2D eigenvalue weighted by Crippen LogP contribution is -2.12. The summed E-state index contributed by atoms with van der Waals surface area (Å²) < 4.78 is 5.38. The van der Waals surface area contributed by atoms with Gasteiger partial charge in [0.2, 0.25) is 0 Å². The largest absolute Gasteiger partial charge is 0.494 e. The van der Waals surface area contributed by atoms with Crippen molar-refractivity contribution in [1.29, 1.82) is 0 Å². The maximum absolute atomic E-state index is 12.1. The van der Waals surface area contributed by atoms with Crippen molar-refractivity contribution in [2.75, 3.05) is 7.11 Å². The Morgan fingerprint density at radius 1 is 1.26 bits per heavy atom. The van der Waals surface area contributed by atoms with E-state index in [-0.39, 0.29) is 5.78 Å². The smallest absolute Gasteiger partial charge is 0.160 e. The molecule has 1 aliphatic carbocycles. The van der Waals surface area contributed by atoms with E-state index in [1.54, 1.807) is 14.0 Å². The quantitative estimate of drug-likeness (QED) is 0.773. The van der Waals surface area contributed by atoms with Crippen LogP contribution in [0.1, 0.15) is 41.4 Å². The number of nitrogens with zero attached hydrogens (tertiary/aromatic N) is 1. The van der Waals surface area contributed by atoms with Gasteiger partial charge in [0, 0.05) is 16.6 Å². The fourth-order valence-corrected chi connectivity index (χ4v) is 2.99. The van der Waals surface area contributed by atoms with E-state index in [9.17, 15) is 4.79 Å². The third kappa shape index (κ3) is 1.89. The maximum Gasteiger partial charge on any atom is 0.160 e. The van der Waals surface area contributed by atoms with Crippen LogP contribution in [0.5, 0.6) is 5.75 Å². The fraction of sp³-hybridized carbons (Fsp3) is 0.375. The summed E-state index contributed by atoms with van der Waals surface area (Å²) >= 11 is 0. The van der Waals surface area contributed by atoms with Gasteiger partial charge in [-0.2, -0.15) is 0 Å². The molecule has 0 aliphatic heterocycles. The van der Waals surface area contributed by atoms with Gasteiger partial charge in [-0.1, -0.05) is 12.1 Å². The Hall–Kier alpha value is -1.90. The molecule has 98 valence electrons. The number of carbonyl (C=O) groups excluding carboxylic acids is 1. The lowest BCUT2D eigenvalue weighted by atomic mass is 9.88. The van der Waals surface area contributed by atoms with Crippen molar-refractivity contribution in [1.82, 2.24) is 4.98 Å². The third-order valence-electron chi connectivity index (χ3n) is 3.83. The Morgan fingerprint density at radius 2 is 2.05 bits per heavy atom. The minimum absolute atomic E-state index is 0.124. The molecule has 1 aromatic carbocycles. The second-order valence-electron chi connectivity index (χ2n) is 5.03. The molecule has 1 heterocycles. The lowest BCUT2D eigenvalue weighted by molar-refractivity contribution is 0.101. The van der Waals surface area contributed by atoms with Crippen LogP contribution in [0.15, 0.2) is 18.2 Å².